The normalized spacial score (nSPS) is 14.5. The van der Waals surface area contributed by atoms with E-state index in [1.54, 1.807) is 6.21 Å². The molecule has 2 heterocycles. The summed E-state index contributed by atoms with van der Waals surface area (Å²) >= 11 is 10.7. The standard InChI is InChI=1S/C20H14BrClN4OS/c21-14-5-1-12(2-6-14)9-24-26-10-17(27)18(19(26)23)20-25-16(11-28-20)13-3-7-15(22)8-4-13/h1-9,11,23,27H,10H2/b23-19?,24-9-. The summed E-state index contributed by atoms with van der Waals surface area (Å²) in [4.78, 5) is 4.59. The molecule has 0 amide bonds. The van der Waals surface area contributed by atoms with Crippen molar-refractivity contribution in [3.63, 3.8) is 0 Å². The van der Waals surface area contributed by atoms with Crippen LogP contribution in [-0.2, 0) is 0 Å². The van der Waals surface area contributed by atoms with E-state index in [1.807, 2.05) is 53.9 Å². The number of thiazole rings is 1. The fourth-order valence-corrected chi connectivity index (χ4v) is 4.00. The summed E-state index contributed by atoms with van der Waals surface area (Å²) in [6, 6.07) is 15.1. The number of hydrogen-bond donors (Lipinski definition) is 2. The molecular formula is C20H14BrClN4OS. The van der Waals surface area contributed by atoms with Crippen LogP contribution in [0, 0.1) is 5.41 Å². The van der Waals surface area contributed by atoms with Gasteiger partial charge in [-0.1, -0.05) is 51.8 Å². The molecule has 1 aliphatic rings. The second kappa shape index (κ2) is 7.87. The van der Waals surface area contributed by atoms with Crippen LogP contribution < -0.4 is 0 Å². The maximum atomic E-state index is 10.4. The summed E-state index contributed by atoms with van der Waals surface area (Å²) in [6.45, 7) is 0.150. The highest BCUT2D eigenvalue weighted by Crippen LogP contribution is 2.32. The van der Waals surface area contributed by atoms with Crippen LogP contribution in [-0.4, -0.2) is 33.7 Å². The zero-order valence-electron chi connectivity index (χ0n) is 14.4. The van der Waals surface area contributed by atoms with Gasteiger partial charge in [0.25, 0.3) is 0 Å². The maximum Gasteiger partial charge on any atom is 0.155 e. The van der Waals surface area contributed by atoms with Crippen molar-refractivity contribution in [2.45, 2.75) is 0 Å². The van der Waals surface area contributed by atoms with E-state index in [1.165, 1.54) is 16.3 Å². The number of rotatable bonds is 4. The zero-order chi connectivity index (χ0) is 19.7. The van der Waals surface area contributed by atoms with Crippen LogP contribution in [0.2, 0.25) is 5.02 Å². The average molecular weight is 474 g/mol. The number of halogens is 2. The summed E-state index contributed by atoms with van der Waals surface area (Å²) in [7, 11) is 0. The van der Waals surface area contributed by atoms with Crippen LogP contribution in [0.3, 0.4) is 0 Å². The topological polar surface area (TPSA) is 72.6 Å². The fourth-order valence-electron chi connectivity index (χ4n) is 2.72. The summed E-state index contributed by atoms with van der Waals surface area (Å²) < 4.78 is 0.987. The minimum atomic E-state index is 0.0926. The summed E-state index contributed by atoms with van der Waals surface area (Å²) in [5.74, 6) is 0.220. The van der Waals surface area contributed by atoms with Crippen molar-refractivity contribution >= 4 is 56.5 Å². The Balaban J connectivity index is 1.54. The number of nitrogens with zero attached hydrogens (tertiary/aromatic N) is 3. The van der Waals surface area contributed by atoms with E-state index in [0.717, 1.165) is 21.3 Å². The first kappa shape index (κ1) is 18.9. The molecule has 0 saturated heterocycles. The van der Waals surface area contributed by atoms with Gasteiger partial charge in [0.2, 0.25) is 0 Å². The van der Waals surface area contributed by atoms with Gasteiger partial charge in [-0.2, -0.15) is 5.10 Å². The zero-order valence-corrected chi connectivity index (χ0v) is 17.6. The number of benzene rings is 2. The average Bonchev–Trinajstić information content (AvgIpc) is 3.26. The second-order valence-electron chi connectivity index (χ2n) is 6.07. The first-order valence-corrected chi connectivity index (χ1v) is 10.4. The van der Waals surface area contributed by atoms with E-state index in [2.05, 4.69) is 26.0 Å². The molecule has 4 rings (SSSR count). The Bertz CT molecular complexity index is 1090. The SMILES string of the molecule is N=C1C(c2nc(-c3ccc(Cl)cc3)cs2)=C(O)CN1/N=C\c1ccc(Br)cc1. The Labute approximate surface area is 179 Å². The third-order valence-corrected chi connectivity index (χ3v) is 5.80. The molecule has 2 N–H and O–H groups in total. The number of aliphatic hydroxyl groups is 1. The van der Waals surface area contributed by atoms with Crippen LogP contribution in [0.4, 0.5) is 0 Å². The Morgan fingerprint density at radius 2 is 1.89 bits per heavy atom. The quantitative estimate of drug-likeness (QED) is 0.469. The van der Waals surface area contributed by atoms with Gasteiger partial charge in [-0.05, 0) is 29.8 Å². The molecule has 140 valence electrons. The van der Waals surface area contributed by atoms with E-state index in [9.17, 15) is 5.11 Å². The molecular weight excluding hydrogens is 460 g/mol. The molecule has 2 aromatic carbocycles. The van der Waals surface area contributed by atoms with E-state index in [-0.39, 0.29) is 18.1 Å². The Hall–Kier alpha value is -2.48. The van der Waals surface area contributed by atoms with Crippen molar-refractivity contribution in [1.29, 1.82) is 5.41 Å². The molecule has 0 fully saturated rings. The summed E-state index contributed by atoms with van der Waals surface area (Å²) in [6.07, 6.45) is 1.66. The highest BCUT2D eigenvalue weighted by molar-refractivity contribution is 9.10. The highest BCUT2D eigenvalue weighted by atomic mass is 79.9. The van der Waals surface area contributed by atoms with Crippen molar-refractivity contribution in [2.75, 3.05) is 6.54 Å². The van der Waals surface area contributed by atoms with Crippen molar-refractivity contribution in [3.8, 4) is 11.3 Å². The van der Waals surface area contributed by atoms with E-state index in [0.29, 0.717) is 15.6 Å². The predicted molar refractivity (Wildman–Crippen MR) is 118 cm³/mol. The van der Waals surface area contributed by atoms with Gasteiger partial charge in [-0.25, -0.2) is 9.99 Å². The number of hydrazone groups is 1. The smallest absolute Gasteiger partial charge is 0.155 e. The molecule has 0 bridgehead atoms. The first-order valence-electron chi connectivity index (χ1n) is 8.31. The van der Waals surface area contributed by atoms with E-state index < -0.39 is 0 Å². The van der Waals surface area contributed by atoms with Gasteiger partial charge in [-0.15, -0.1) is 11.3 Å². The van der Waals surface area contributed by atoms with Crippen LogP contribution in [0.5, 0.6) is 0 Å². The van der Waals surface area contributed by atoms with E-state index in [4.69, 9.17) is 17.0 Å². The molecule has 0 radical (unpaired) electrons. The van der Waals surface area contributed by atoms with Crippen molar-refractivity contribution in [2.24, 2.45) is 5.10 Å². The second-order valence-corrected chi connectivity index (χ2v) is 8.28. The first-order chi connectivity index (χ1) is 13.5. The number of nitrogens with one attached hydrogen (secondary N) is 1. The number of aromatic nitrogens is 1. The summed E-state index contributed by atoms with van der Waals surface area (Å²) in [5.41, 5.74) is 3.03. The van der Waals surface area contributed by atoms with Crippen LogP contribution >= 0.6 is 38.9 Å². The molecule has 5 nitrogen and oxygen atoms in total. The van der Waals surface area contributed by atoms with Gasteiger partial charge in [0, 0.05) is 20.4 Å². The van der Waals surface area contributed by atoms with Crippen molar-refractivity contribution in [3.05, 3.63) is 79.7 Å². The number of hydrogen-bond acceptors (Lipinski definition) is 5. The van der Waals surface area contributed by atoms with Gasteiger partial charge in [0.1, 0.15) is 17.3 Å². The van der Waals surface area contributed by atoms with Gasteiger partial charge >= 0.3 is 0 Å². The Morgan fingerprint density at radius 1 is 1.18 bits per heavy atom. The van der Waals surface area contributed by atoms with Crippen LogP contribution in [0.15, 0.2) is 69.2 Å². The van der Waals surface area contributed by atoms with Gasteiger partial charge in [0.15, 0.2) is 5.84 Å². The molecule has 0 atom stereocenters. The molecule has 3 aromatic rings. The van der Waals surface area contributed by atoms with Gasteiger partial charge in [-0.3, -0.25) is 5.41 Å². The van der Waals surface area contributed by atoms with Crippen molar-refractivity contribution < 1.29 is 5.11 Å². The fraction of sp³-hybridized carbons (Fsp3) is 0.0500. The minimum Gasteiger partial charge on any atom is -0.509 e. The molecule has 28 heavy (non-hydrogen) atoms. The lowest BCUT2D eigenvalue weighted by atomic mass is 10.2. The third-order valence-electron chi connectivity index (χ3n) is 4.16. The van der Waals surface area contributed by atoms with Gasteiger partial charge in [0.05, 0.1) is 17.5 Å². The molecule has 0 aliphatic carbocycles. The molecule has 0 unspecified atom stereocenters. The Morgan fingerprint density at radius 3 is 2.61 bits per heavy atom. The summed E-state index contributed by atoms with van der Waals surface area (Å²) in [5, 5.41) is 27.8. The van der Waals surface area contributed by atoms with Crippen LogP contribution in [0.25, 0.3) is 16.8 Å². The lowest BCUT2D eigenvalue weighted by Crippen LogP contribution is -2.20. The van der Waals surface area contributed by atoms with Crippen molar-refractivity contribution in [1.82, 2.24) is 9.99 Å². The number of aliphatic hydroxyl groups excluding tert-OH is 1. The monoisotopic (exact) mass is 472 g/mol. The third kappa shape index (κ3) is 3.87. The molecule has 0 spiro atoms. The Kier molecular flexibility index (Phi) is 5.30. The lowest BCUT2D eigenvalue weighted by Gasteiger charge is -2.11. The highest BCUT2D eigenvalue weighted by Gasteiger charge is 2.30. The molecule has 8 heteroatoms. The largest absolute Gasteiger partial charge is 0.509 e. The molecule has 1 aliphatic heterocycles. The predicted octanol–water partition coefficient (Wildman–Crippen LogP) is 5.82. The van der Waals surface area contributed by atoms with E-state index >= 15 is 0 Å². The minimum absolute atomic E-state index is 0.0926. The number of amidine groups is 1. The molecule has 1 aromatic heterocycles. The maximum absolute atomic E-state index is 10.4. The lowest BCUT2D eigenvalue weighted by molar-refractivity contribution is 0.358. The van der Waals surface area contributed by atoms with Gasteiger partial charge < -0.3 is 5.11 Å². The molecule has 0 saturated carbocycles. The van der Waals surface area contributed by atoms with Crippen LogP contribution in [0.1, 0.15) is 10.6 Å².